The molecule has 0 aliphatic rings. The van der Waals surface area contributed by atoms with Gasteiger partial charge in [0.1, 0.15) is 0 Å². The summed E-state index contributed by atoms with van der Waals surface area (Å²) in [5.74, 6) is 0.160. The second-order valence-electron chi connectivity index (χ2n) is 5.53. The summed E-state index contributed by atoms with van der Waals surface area (Å²) < 4.78 is 32.4. The molecule has 0 bridgehead atoms. The van der Waals surface area contributed by atoms with Crippen molar-refractivity contribution in [2.75, 3.05) is 20.8 Å². The third kappa shape index (κ3) is 6.56. The molecule has 0 fully saturated rings. The Balaban J connectivity index is 2.77. The molecule has 0 radical (unpaired) electrons. The Hall–Kier alpha value is -0.950. The zero-order valence-electron chi connectivity index (χ0n) is 13.2. The summed E-state index contributed by atoms with van der Waals surface area (Å²) in [6, 6.07) is 7.39. The van der Waals surface area contributed by atoms with Gasteiger partial charge < -0.3 is 10.1 Å². The van der Waals surface area contributed by atoms with Crippen LogP contribution < -0.4 is 10.0 Å². The third-order valence-electron chi connectivity index (χ3n) is 3.21. The first-order chi connectivity index (χ1) is 9.88. The number of rotatable bonds is 9. The summed E-state index contributed by atoms with van der Waals surface area (Å²) in [7, 11) is 0.0552. The predicted molar refractivity (Wildman–Crippen MR) is 85.5 cm³/mol. The maximum atomic E-state index is 12.3. The average molecular weight is 314 g/mol. The predicted octanol–water partition coefficient (Wildman–Crippen LogP) is 1.50. The molecule has 2 N–H and O–H groups in total. The van der Waals surface area contributed by atoms with E-state index in [0.717, 1.165) is 17.7 Å². The van der Waals surface area contributed by atoms with Crippen LogP contribution in [0.4, 0.5) is 0 Å². The van der Waals surface area contributed by atoms with E-state index < -0.39 is 10.0 Å². The molecule has 1 aromatic carbocycles. The van der Waals surface area contributed by atoms with E-state index in [-0.39, 0.29) is 17.7 Å². The molecule has 5 nitrogen and oxygen atoms in total. The standard InChI is InChI=1S/C15H26N2O3S/c1-12(2)15(10-20-4)17-21(18,19)11-14-7-5-6-13(8-14)9-16-3/h5-8,12,15-17H,9-11H2,1-4H3. The molecule has 0 aromatic heterocycles. The van der Waals surface area contributed by atoms with E-state index in [2.05, 4.69) is 10.0 Å². The van der Waals surface area contributed by atoms with Crippen LogP contribution in [0.15, 0.2) is 24.3 Å². The smallest absolute Gasteiger partial charge is 0.216 e. The molecule has 21 heavy (non-hydrogen) atoms. The minimum atomic E-state index is -3.38. The number of hydrogen-bond acceptors (Lipinski definition) is 4. The van der Waals surface area contributed by atoms with Gasteiger partial charge in [0.05, 0.1) is 12.4 Å². The fraction of sp³-hybridized carbons (Fsp3) is 0.600. The van der Waals surface area contributed by atoms with Gasteiger partial charge in [0, 0.05) is 19.7 Å². The number of nitrogens with one attached hydrogen (secondary N) is 2. The molecule has 0 aliphatic heterocycles. The highest BCUT2D eigenvalue weighted by molar-refractivity contribution is 7.88. The summed E-state index contributed by atoms with van der Waals surface area (Å²) >= 11 is 0. The van der Waals surface area contributed by atoms with Gasteiger partial charge >= 0.3 is 0 Å². The van der Waals surface area contributed by atoms with Gasteiger partial charge in [-0.05, 0) is 24.1 Å². The lowest BCUT2D eigenvalue weighted by Crippen LogP contribution is -2.42. The maximum absolute atomic E-state index is 12.3. The fourth-order valence-electron chi connectivity index (χ4n) is 2.07. The maximum Gasteiger partial charge on any atom is 0.216 e. The van der Waals surface area contributed by atoms with Crippen molar-refractivity contribution in [3.8, 4) is 0 Å². The van der Waals surface area contributed by atoms with Crippen LogP contribution in [0, 0.1) is 5.92 Å². The zero-order chi connectivity index (χ0) is 15.9. The molecular weight excluding hydrogens is 288 g/mol. The lowest BCUT2D eigenvalue weighted by Gasteiger charge is -2.21. The molecule has 1 rings (SSSR count). The Labute approximate surface area is 128 Å². The Morgan fingerprint density at radius 2 is 1.90 bits per heavy atom. The number of ether oxygens (including phenoxy) is 1. The summed E-state index contributed by atoms with van der Waals surface area (Å²) in [4.78, 5) is 0. The van der Waals surface area contributed by atoms with Gasteiger partial charge in [0.2, 0.25) is 10.0 Å². The van der Waals surface area contributed by atoms with Crippen molar-refractivity contribution in [1.29, 1.82) is 0 Å². The third-order valence-corrected chi connectivity index (χ3v) is 4.59. The van der Waals surface area contributed by atoms with Crippen molar-refractivity contribution in [2.45, 2.75) is 32.2 Å². The summed E-state index contributed by atoms with van der Waals surface area (Å²) in [6.45, 7) is 5.04. The van der Waals surface area contributed by atoms with Gasteiger partial charge in [-0.1, -0.05) is 38.1 Å². The minimum Gasteiger partial charge on any atom is -0.383 e. The minimum absolute atomic E-state index is 0.0164. The van der Waals surface area contributed by atoms with E-state index in [1.807, 2.05) is 45.2 Å². The van der Waals surface area contributed by atoms with E-state index in [1.165, 1.54) is 0 Å². The Kier molecular flexibility index (Phi) is 7.31. The first-order valence-electron chi connectivity index (χ1n) is 7.09. The first kappa shape index (κ1) is 18.1. The SMILES string of the molecule is CNCc1cccc(CS(=O)(=O)NC(COC)C(C)C)c1. The van der Waals surface area contributed by atoms with Crippen LogP contribution in [0.3, 0.4) is 0 Å². The van der Waals surface area contributed by atoms with Gasteiger partial charge in [-0.2, -0.15) is 0 Å². The Bertz CT molecular complexity index is 529. The quantitative estimate of drug-likeness (QED) is 0.725. The van der Waals surface area contributed by atoms with Gasteiger partial charge in [0.25, 0.3) is 0 Å². The van der Waals surface area contributed by atoms with E-state index in [4.69, 9.17) is 4.74 Å². The lowest BCUT2D eigenvalue weighted by molar-refractivity contribution is 0.157. The van der Waals surface area contributed by atoms with Crippen molar-refractivity contribution in [3.05, 3.63) is 35.4 Å². The zero-order valence-corrected chi connectivity index (χ0v) is 14.0. The van der Waals surface area contributed by atoms with Crippen LogP contribution >= 0.6 is 0 Å². The molecule has 6 heteroatoms. The average Bonchev–Trinajstić information content (AvgIpc) is 2.38. The number of hydrogen-bond donors (Lipinski definition) is 2. The molecule has 0 aliphatic carbocycles. The van der Waals surface area contributed by atoms with Crippen LogP contribution in [-0.4, -0.2) is 35.2 Å². The van der Waals surface area contributed by atoms with Crippen LogP contribution in [0.5, 0.6) is 0 Å². The Morgan fingerprint density at radius 1 is 1.24 bits per heavy atom. The second kappa shape index (κ2) is 8.48. The molecular formula is C15H26N2O3S. The molecule has 0 saturated heterocycles. The largest absolute Gasteiger partial charge is 0.383 e. The topological polar surface area (TPSA) is 67.4 Å². The first-order valence-corrected chi connectivity index (χ1v) is 8.74. The van der Waals surface area contributed by atoms with Crippen molar-refractivity contribution in [3.63, 3.8) is 0 Å². The van der Waals surface area contributed by atoms with E-state index in [0.29, 0.717) is 6.61 Å². The van der Waals surface area contributed by atoms with Crippen LogP contribution in [-0.2, 0) is 27.1 Å². The second-order valence-corrected chi connectivity index (χ2v) is 7.29. The highest BCUT2D eigenvalue weighted by Gasteiger charge is 2.21. The van der Waals surface area contributed by atoms with Crippen LogP contribution in [0.25, 0.3) is 0 Å². The molecule has 1 atom stereocenters. The number of benzene rings is 1. The highest BCUT2D eigenvalue weighted by atomic mass is 32.2. The van der Waals surface area contributed by atoms with E-state index in [1.54, 1.807) is 7.11 Å². The normalized spacial score (nSPS) is 13.6. The van der Waals surface area contributed by atoms with E-state index >= 15 is 0 Å². The van der Waals surface area contributed by atoms with E-state index in [9.17, 15) is 8.42 Å². The van der Waals surface area contributed by atoms with Gasteiger partial charge in [-0.3, -0.25) is 0 Å². The lowest BCUT2D eigenvalue weighted by atomic mass is 10.1. The molecule has 0 amide bonds. The highest BCUT2D eigenvalue weighted by Crippen LogP contribution is 2.11. The summed E-state index contributed by atoms with van der Waals surface area (Å²) in [6.07, 6.45) is 0. The van der Waals surface area contributed by atoms with Gasteiger partial charge in [-0.25, -0.2) is 13.1 Å². The van der Waals surface area contributed by atoms with Crippen LogP contribution in [0.2, 0.25) is 0 Å². The molecule has 0 heterocycles. The van der Waals surface area contributed by atoms with Gasteiger partial charge in [0.15, 0.2) is 0 Å². The monoisotopic (exact) mass is 314 g/mol. The molecule has 0 saturated carbocycles. The van der Waals surface area contributed by atoms with Crippen LogP contribution in [0.1, 0.15) is 25.0 Å². The Morgan fingerprint density at radius 3 is 2.48 bits per heavy atom. The van der Waals surface area contributed by atoms with Crippen molar-refractivity contribution < 1.29 is 13.2 Å². The number of sulfonamides is 1. The van der Waals surface area contributed by atoms with Crippen molar-refractivity contribution in [2.24, 2.45) is 5.92 Å². The summed E-state index contributed by atoms with van der Waals surface area (Å²) in [5, 5.41) is 3.06. The van der Waals surface area contributed by atoms with Crippen molar-refractivity contribution in [1.82, 2.24) is 10.0 Å². The molecule has 0 spiro atoms. The fourth-order valence-corrected chi connectivity index (χ4v) is 3.57. The van der Waals surface area contributed by atoms with Crippen molar-refractivity contribution >= 4 is 10.0 Å². The number of methoxy groups -OCH3 is 1. The van der Waals surface area contributed by atoms with Gasteiger partial charge in [-0.15, -0.1) is 0 Å². The molecule has 1 aromatic rings. The summed E-state index contributed by atoms with van der Waals surface area (Å²) in [5.41, 5.74) is 1.86. The molecule has 1 unspecified atom stereocenters. The molecule has 120 valence electrons.